The lowest BCUT2D eigenvalue weighted by Gasteiger charge is -2.18. The second kappa shape index (κ2) is 68.9. The molecule has 0 saturated carbocycles. The lowest BCUT2D eigenvalue weighted by atomic mass is 10.0. The van der Waals surface area contributed by atoms with Gasteiger partial charge in [-0.15, -0.1) is 0 Å². The van der Waals surface area contributed by atoms with Crippen LogP contribution in [-0.2, 0) is 28.6 Å². The van der Waals surface area contributed by atoms with Gasteiger partial charge in [0.15, 0.2) is 6.10 Å². The highest BCUT2D eigenvalue weighted by molar-refractivity contribution is 5.71. The fraction of sp³-hybridized carbons (Fsp3) is 0.851. The highest BCUT2D eigenvalue weighted by Crippen LogP contribution is 2.19. The number of allylic oxidation sites excluding steroid dienone is 8. The molecule has 0 aliphatic heterocycles. The molecule has 0 N–H and O–H groups in total. The minimum Gasteiger partial charge on any atom is -0.462 e. The van der Waals surface area contributed by atoms with Crippen LogP contribution < -0.4 is 0 Å². The minimum absolute atomic E-state index is 0.0659. The van der Waals surface area contributed by atoms with Crippen molar-refractivity contribution in [3.05, 3.63) is 48.6 Å². The Labute approximate surface area is 498 Å². The molecule has 6 nitrogen and oxygen atoms in total. The Morgan fingerprint density at radius 1 is 0.263 bits per heavy atom. The van der Waals surface area contributed by atoms with Gasteiger partial charge >= 0.3 is 17.9 Å². The zero-order valence-electron chi connectivity index (χ0n) is 53.9. The van der Waals surface area contributed by atoms with Crippen LogP contribution in [0.2, 0.25) is 0 Å². The van der Waals surface area contributed by atoms with Crippen molar-refractivity contribution in [2.24, 2.45) is 0 Å². The van der Waals surface area contributed by atoms with Gasteiger partial charge in [0, 0.05) is 19.3 Å². The van der Waals surface area contributed by atoms with E-state index in [4.69, 9.17) is 14.2 Å². The molecule has 0 heterocycles. The van der Waals surface area contributed by atoms with E-state index in [-0.39, 0.29) is 31.1 Å². The molecule has 0 aromatic heterocycles. The van der Waals surface area contributed by atoms with Crippen LogP contribution in [0, 0.1) is 0 Å². The zero-order valence-corrected chi connectivity index (χ0v) is 53.9. The summed E-state index contributed by atoms with van der Waals surface area (Å²) in [5, 5.41) is 0. The molecule has 0 aliphatic rings. The SMILES string of the molecule is CC/C=C\C/C=C\C/C=C\C/C=C\CCCCCCCCCCCCCCCCCCCCCCC(=O)OCC(COC(=O)CCCCCCCC)OC(=O)CCCCCCCCCCCCCCCCCCCCCCCCC. The van der Waals surface area contributed by atoms with Crippen LogP contribution in [0.4, 0.5) is 0 Å². The van der Waals surface area contributed by atoms with Crippen LogP contribution in [0.1, 0.15) is 387 Å². The van der Waals surface area contributed by atoms with E-state index in [1.54, 1.807) is 0 Å². The molecule has 468 valence electrons. The van der Waals surface area contributed by atoms with Gasteiger partial charge in [0.1, 0.15) is 13.2 Å². The summed E-state index contributed by atoms with van der Waals surface area (Å²) < 4.78 is 16.9. The molecule has 80 heavy (non-hydrogen) atoms. The Morgan fingerprint density at radius 2 is 0.487 bits per heavy atom. The van der Waals surface area contributed by atoms with Crippen molar-refractivity contribution in [3.8, 4) is 0 Å². The fourth-order valence-electron chi connectivity index (χ4n) is 10.8. The van der Waals surface area contributed by atoms with Gasteiger partial charge in [-0.05, 0) is 57.8 Å². The molecule has 0 rings (SSSR count). The molecule has 0 amide bonds. The molecule has 0 fully saturated rings. The number of unbranched alkanes of at least 4 members (excludes halogenated alkanes) is 47. The molecule has 0 radical (unpaired) electrons. The number of ether oxygens (including phenoxy) is 3. The van der Waals surface area contributed by atoms with Crippen molar-refractivity contribution < 1.29 is 28.6 Å². The van der Waals surface area contributed by atoms with Crippen molar-refractivity contribution in [3.63, 3.8) is 0 Å². The number of esters is 3. The fourth-order valence-corrected chi connectivity index (χ4v) is 10.8. The molecule has 0 aromatic carbocycles. The third kappa shape index (κ3) is 66.2. The van der Waals surface area contributed by atoms with E-state index in [1.165, 1.54) is 263 Å². The summed E-state index contributed by atoms with van der Waals surface area (Å²) in [7, 11) is 0. The molecule has 1 unspecified atom stereocenters. The largest absolute Gasteiger partial charge is 0.462 e. The molecule has 0 aliphatic carbocycles. The van der Waals surface area contributed by atoms with Gasteiger partial charge < -0.3 is 14.2 Å². The van der Waals surface area contributed by atoms with Crippen molar-refractivity contribution in [1.29, 1.82) is 0 Å². The van der Waals surface area contributed by atoms with Crippen LogP contribution in [0.3, 0.4) is 0 Å². The van der Waals surface area contributed by atoms with Crippen LogP contribution in [0.25, 0.3) is 0 Å². The van der Waals surface area contributed by atoms with Crippen molar-refractivity contribution >= 4 is 17.9 Å². The van der Waals surface area contributed by atoms with E-state index in [2.05, 4.69) is 69.4 Å². The smallest absolute Gasteiger partial charge is 0.306 e. The number of rotatable bonds is 66. The molecule has 0 spiro atoms. The van der Waals surface area contributed by atoms with Gasteiger partial charge in [0.2, 0.25) is 0 Å². The average molecular weight is 1120 g/mol. The highest BCUT2D eigenvalue weighted by Gasteiger charge is 2.19. The maximum atomic E-state index is 12.9. The van der Waals surface area contributed by atoms with E-state index < -0.39 is 6.10 Å². The first-order valence-corrected chi connectivity index (χ1v) is 35.6. The Balaban J connectivity index is 3.94. The third-order valence-electron chi connectivity index (χ3n) is 16.1. The summed E-state index contributed by atoms with van der Waals surface area (Å²) in [6, 6.07) is 0. The summed E-state index contributed by atoms with van der Waals surface area (Å²) in [6.45, 7) is 6.54. The zero-order chi connectivity index (χ0) is 57.8. The van der Waals surface area contributed by atoms with Crippen LogP contribution >= 0.6 is 0 Å². The Morgan fingerprint density at radius 3 is 0.762 bits per heavy atom. The highest BCUT2D eigenvalue weighted by atomic mass is 16.6. The summed E-state index contributed by atoms with van der Waals surface area (Å²) >= 11 is 0. The Hall–Kier alpha value is -2.63. The van der Waals surface area contributed by atoms with Crippen molar-refractivity contribution in [2.45, 2.75) is 393 Å². The monoisotopic (exact) mass is 1120 g/mol. The number of hydrogen-bond acceptors (Lipinski definition) is 6. The predicted octanol–water partition coefficient (Wildman–Crippen LogP) is 24.5. The predicted molar refractivity (Wildman–Crippen MR) is 349 cm³/mol. The first-order chi connectivity index (χ1) is 39.5. The van der Waals surface area contributed by atoms with Crippen LogP contribution in [0.15, 0.2) is 48.6 Å². The normalized spacial score (nSPS) is 12.3. The van der Waals surface area contributed by atoms with Crippen LogP contribution in [-0.4, -0.2) is 37.2 Å². The molecular formula is C74H136O6. The lowest BCUT2D eigenvalue weighted by Crippen LogP contribution is -2.30. The molecule has 0 bridgehead atoms. The molecule has 1 atom stereocenters. The minimum atomic E-state index is -0.766. The van der Waals surface area contributed by atoms with E-state index in [1.807, 2.05) is 0 Å². The van der Waals surface area contributed by atoms with E-state index in [0.717, 1.165) is 83.5 Å². The van der Waals surface area contributed by atoms with Crippen LogP contribution in [0.5, 0.6) is 0 Å². The number of hydrogen-bond donors (Lipinski definition) is 0. The maximum Gasteiger partial charge on any atom is 0.306 e. The summed E-state index contributed by atoms with van der Waals surface area (Å²) in [4.78, 5) is 38.1. The average Bonchev–Trinajstić information content (AvgIpc) is 3.46. The van der Waals surface area contributed by atoms with Gasteiger partial charge in [-0.3, -0.25) is 14.4 Å². The van der Waals surface area contributed by atoms with Gasteiger partial charge in [-0.25, -0.2) is 0 Å². The second-order valence-corrected chi connectivity index (χ2v) is 24.1. The van der Waals surface area contributed by atoms with Gasteiger partial charge in [-0.1, -0.05) is 358 Å². The topological polar surface area (TPSA) is 78.9 Å². The van der Waals surface area contributed by atoms with Crippen molar-refractivity contribution in [1.82, 2.24) is 0 Å². The van der Waals surface area contributed by atoms with E-state index in [9.17, 15) is 14.4 Å². The first kappa shape index (κ1) is 77.4. The van der Waals surface area contributed by atoms with E-state index in [0.29, 0.717) is 19.3 Å². The summed E-state index contributed by atoms with van der Waals surface area (Å²) in [6.07, 6.45) is 87.7. The molecule has 6 heteroatoms. The molecular weight excluding hydrogens is 985 g/mol. The third-order valence-corrected chi connectivity index (χ3v) is 16.1. The Kier molecular flexibility index (Phi) is 66.6. The van der Waals surface area contributed by atoms with Gasteiger partial charge in [-0.2, -0.15) is 0 Å². The number of carbonyl (C=O) groups excluding carboxylic acids is 3. The first-order valence-electron chi connectivity index (χ1n) is 35.6. The van der Waals surface area contributed by atoms with E-state index >= 15 is 0 Å². The number of carbonyl (C=O) groups is 3. The van der Waals surface area contributed by atoms with Crippen molar-refractivity contribution in [2.75, 3.05) is 13.2 Å². The molecule has 0 aromatic rings. The van der Waals surface area contributed by atoms with Gasteiger partial charge in [0.05, 0.1) is 0 Å². The summed E-state index contributed by atoms with van der Waals surface area (Å²) in [5.41, 5.74) is 0. The maximum absolute atomic E-state index is 12.9. The van der Waals surface area contributed by atoms with Gasteiger partial charge in [0.25, 0.3) is 0 Å². The lowest BCUT2D eigenvalue weighted by molar-refractivity contribution is -0.167. The summed E-state index contributed by atoms with van der Waals surface area (Å²) in [5.74, 6) is -0.848. The Bertz CT molecular complexity index is 1380. The molecule has 0 saturated heterocycles. The quantitative estimate of drug-likeness (QED) is 0.0261. The standard InChI is InChI=1S/C74H136O6/c1-4-7-10-13-16-18-20-22-24-26-28-30-32-33-34-35-36-37-38-39-40-41-43-44-46-48-50-52-54-56-58-61-64-67-73(76)79-70-71(69-78-72(75)66-63-60-15-12-9-6-3)80-74(77)68-65-62-59-57-55-53-51-49-47-45-42-31-29-27-25-23-21-19-17-14-11-8-5-2/h7,10,16,18,22,24,28,30,71H,4-6,8-9,11-15,17,19-21,23,25-27,29,31-70H2,1-3H3/b10-7-,18-16-,24-22-,30-28-. The second-order valence-electron chi connectivity index (χ2n) is 24.1.